The van der Waals surface area contributed by atoms with Gasteiger partial charge in [0.1, 0.15) is 6.07 Å². The summed E-state index contributed by atoms with van der Waals surface area (Å²) in [5.74, 6) is 0.849. The highest BCUT2D eigenvalue weighted by Crippen LogP contribution is 1.90. The second-order valence-corrected chi connectivity index (χ2v) is 1.34. The van der Waals surface area contributed by atoms with E-state index in [1.165, 1.54) is 6.08 Å². The lowest BCUT2D eigenvalue weighted by Gasteiger charge is -1.99. The Morgan fingerprint density at radius 2 is 2.50 bits per heavy atom. The molecule has 0 spiro atoms. The smallest absolute Gasteiger partial charge is 0.385 e. The van der Waals surface area contributed by atoms with Gasteiger partial charge in [0.2, 0.25) is 6.10 Å². The van der Waals surface area contributed by atoms with Crippen LogP contribution >= 0.6 is 0 Å². The van der Waals surface area contributed by atoms with Crippen molar-refractivity contribution in [3.05, 3.63) is 12.7 Å². The molecule has 0 bridgehead atoms. The Morgan fingerprint density at radius 3 is 2.80 bits per heavy atom. The molecule has 0 fully saturated rings. The fourth-order valence-corrected chi connectivity index (χ4v) is 0.277. The van der Waals surface area contributed by atoms with Crippen molar-refractivity contribution >= 4 is 5.97 Å². The van der Waals surface area contributed by atoms with Gasteiger partial charge in [0.15, 0.2) is 0 Å². The number of terminal acetylenes is 1. The fraction of sp³-hybridized carbons (Fsp3) is 0.143. The topological polar surface area (TPSA) is 50.1 Å². The molecule has 0 aliphatic carbocycles. The number of nitriles is 1. The highest BCUT2D eigenvalue weighted by atomic mass is 16.5. The Balaban J connectivity index is 3.92. The minimum atomic E-state index is -0.941. The van der Waals surface area contributed by atoms with E-state index in [9.17, 15) is 4.79 Å². The summed E-state index contributed by atoms with van der Waals surface area (Å²) < 4.78 is 4.34. The molecule has 0 saturated carbocycles. The lowest BCUT2D eigenvalue weighted by atomic mass is 10.4. The molecule has 0 aromatic carbocycles. The molecule has 3 nitrogen and oxygen atoms in total. The Bertz CT molecular complexity index is 219. The lowest BCUT2D eigenvalue weighted by molar-refractivity contribution is -0.137. The summed E-state index contributed by atoms with van der Waals surface area (Å²) in [6, 6.07) is 1.66. The highest BCUT2D eigenvalue weighted by Gasteiger charge is 2.05. The minimum absolute atomic E-state index is 0.855. The van der Waals surface area contributed by atoms with Gasteiger partial charge < -0.3 is 4.74 Å². The third-order valence-electron chi connectivity index (χ3n) is 0.693. The molecule has 0 saturated heterocycles. The van der Waals surface area contributed by atoms with Crippen molar-refractivity contribution in [2.75, 3.05) is 0 Å². The maximum Gasteiger partial charge on any atom is 0.385 e. The molecule has 50 valence electrons. The van der Waals surface area contributed by atoms with Gasteiger partial charge in [-0.25, -0.2) is 4.79 Å². The van der Waals surface area contributed by atoms with Crippen LogP contribution in [0.2, 0.25) is 0 Å². The van der Waals surface area contributed by atoms with Gasteiger partial charge in [-0.3, -0.25) is 0 Å². The van der Waals surface area contributed by atoms with E-state index in [4.69, 9.17) is 5.26 Å². The Hall–Kier alpha value is -1.74. The number of ether oxygens (including phenoxy) is 1. The average molecular weight is 135 g/mol. The summed E-state index contributed by atoms with van der Waals surface area (Å²) in [4.78, 5) is 10.3. The molecule has 3 heteroatoms. The van der Waals surface area contributed by atoms with Crippen LogP contribution in [-0.4, -0.2) is 12.1 Å². The monoisotopic (exact) mass is 135 g/mol. The summed E-state index contributed by atoms with van der Waals surface area (Å²) in [6.45, 7) is 3.25. The maximum absolute atomic E-state index is 10.3. The van der Waals surface area contributed by atoms with Gasteiger partial charge in [0.25, 0.3) is 0 Å². The Labute approximate surface area is 58.9 Å². The molecule has 1 atom stereocenters. The van der Waals surface area contributed by atoms with E-state index in [0.717, 1.165) is 0 Å². The van der Waals surface area contributed by atoms with Gasteiger partial charge >= 0.3 is 5.97 Å². The van der Waals surface area contributed by atoms with E-state index < -0.39 is 12.1 Å². The van der Waals surface area contributed by atoms with E-state index in [1.54, 1.807) is 12.0 Å². The Kier molecular flexibility index (Phi) is 3.44. The summed E-state index contributed by atoms with van der Waals surface area (Å²) in [7, 11) is 0. The third kappa shape index (κ3) is 2.54. The molecule has 0 N–H and O–H groups in total. The molecule has 0 aliphatic rings. The van der Waals surface area contributed by atoms with Gasteiger partial charge in [0, 0.05) is 5.92 Å². The molecule has 1 unspecified atom stereocenters. The third-order valence-corrected chi connectivity index (χ3v) is 0.693. The first-order valence-electron chi connectivity index (χ1n) is 2.44. The quantitative estimate of drug-likeness (QED) is 0.236. The van der Waals surface area contributed by atoms with E-state index in [-0.39, 0.29) is 0 Å². The van der Waals surface area contributed by atoms with Crippen molar-refractivity contribution in [3.63, 3.8) is 0 Å². The van der Waals surface area contributed by atoms with Crippen LogP contribution < -0.4 is 0 Å². The van der Waals surface area contributed by atoms with Crippen molar-refractivity contribution in [3.8, 4) is 18.4 Å². The normalized spacial score (nSPS) is 10.2. The Morgan fingerprint density at radius 1 is 1.90 bits per heavy atom. The largest absolute Gasteiger partial charge is 0.433 e. The predicted octanol–water partition coefficient (Wildman–Crippen LogP) is 0.241. The second kappa shape index (κ2) is 4.17. The molecular formula is C7H5NO2. The van der Waals surface area contributed by atoms with Crippen molar-refractivity contribution in [2.45, 2.75) is 6.10 Å². The fourth-order valence-electron chi connectivity index (χ4n) is 0.277. The van der Waals surface area contributed by atoms with Crippen LogP contribution in [0.4, 0.5) is 0 Å². The van der Waals surface area contributed by atoms with Crippen molar-refractivity contribution in [1.29, 1.82) is 5.26 Å². The number of carbonyl (C=O) groups is 1. The van der Waals surface area contributed by atoms with Crippen LogP contribution in [0.1, 0.15) is 0 Å². The van der Waals surface area contributed by atoms with Gasteiger partial charge in [-0.1, -0.05) is 6.58 Å². The number of rotatable bonds is 2. The zero-order chi connectivity index (χ0) is 7.98. The second-order valence-electron chi connectivity index (χ2n) is 1.34. The summed E-state index contributed by atoms with van der Waals surface area (Å²) >= 11 is 0. The van der Waals surface area contributed by atoms with Crippen molar-refractivity contribution < 1.29 is 9.53 Å². The average Bonchev–Trinajstić information content (AvgIpc) is 1.99. The molecule has 0 radical (unpaired) electrons. The van der Waals surface area contributed by atoms with Gasteiger partial charge in [-0.05, 0) is 6.08 Å². The van der Waals surface area contributed by atoms with Crippen LogP contribution in [0.3, 0.4) is 0 Å². The number of esters is 1. The van der Waals surface area contributed by atoms with Gasteiger partial charge in [-0.15, -0.1) is 6.42 Å². The van der Waals surface area contributed by atoms with E-state index in [2.05, 4.69) is 17.7 Å². The summed E-state index contributed by atoms with van der Waals surface area (Å²) in [5, 5.41) is 8.20. The van der Waals surface area contributed by atoms with Crippen molar-refractivity contribution in [2.24, 2.45) is 0 Å². The van der Waals surface area contributed by atoms with Crippen LogP contribution in [0.5, 0.6) is 0 Å². The van der Waals surface area contributed by atoms with Gasteiger partial charge in [0.05, 0.1) is 0 Å². The van der Waals surface area contributed by atoms with Crippen LogP contribution in [-0.2, 0) is 9.53 Å². The van der Waals surface area contributed by atoms with E-state index >= 15 is 0 Å². The number of carbonyl (C=O) groups excluding carboxylic acids is 1. The van der Waals surface area contributed by atoms with E-state index in [1.807, 2.05) is 0 Å². The zero-order valence-electron chi connectivity index (χ0n) is 5.20. The molecular weight excluding hydrogens is 130 g/mol. The van der Waals surface area contributed by atoms with Gasteiger partial charge in [-0.2, -0.15) is 5.26 Å². The maximum atomic E-state index is 10.3. The molecule has 0 rings (SSSR count). The first-order valence-corrected chi connectivity index (χ1v) is 2.44. The molecule has 0 aromatic heterocycles. The standard InChI is InChI=1S/C7H5NO2/c1-3-6(5-8)10-7(9)4-2/h2-3,6H,1H2. The molecule has 0 aliphatic heterocycles. The van der Waals surface area contributed by atoms with Crippen LogP contribution in [0.25, 0.3) is 0 Å². The van der Waals surface area contributed by atoms with E-state index in [0.29, 0.717) is 0 Å². The highest BCUT2D eigenvalue weighted by molar-refractivity contribution is 5.87. The molecule has 0 heterocycles. The number of hydrogen-bond acceptors (Lipinski definition) is 3. The number of nitrogens with zero attached hydrogens (tertiary/aromatic N) is 1. The predicted molar refractivity (Wildman–Crippen MR) is 34.5 cm³/mol. The zero-order valence-corrected chi connectivity index (χ0v) is 5.20. The first-order chi connectivity index (χ1) is 4.74. The first kappa shape index (κ1) is 8.26. The number of hydrogen-bond donors (Lipinski definition) is 0. The molecule has 0 amide bonds. The minimum Gasteiger partial charge on any atom is -0.433 e. The van der Waals surface area contributed by atoms with Crippen molar-refractivity contribution in [1.82, 2.24) is 0 Å². The molecule has 0 aromatic rings. The van der Waals surface area contributed by atoms with Crippen LogP contribution in [0, 0.1) is 23.7 Å². The molecule has 10 heavy (non-hydrogen) atoms. The van der Waals surface area contributed by atoms with Crippen LogP contribution in [0.15, 0.2) is 12.7 Å². The SMILES string of the molecule is C#CC(=O)OC(C#N)C=C. The lowest BCUT2D eigenvalue weighted by Crippen LogP contribution is -2.11. The summed E-state index contributed by atoms with van der Waals surface area (Å²) in [5.41, 5.74) is 0. The summed E-state index contributed by atoms with van der Waals surface area (Å²) in [6.07, 6.45) is 4.91.